The molecule has 2 aliphatic heterocycles. The minimum Gasteiger partial charge on any atom is -0.285 e. The molecule has 0 radical (unpaired) electrons. The molecule has 2 atom stereocenters. The molecule has 2 aliphatic rings. The Balaban J connectivity index is 1.77. The Labute approximate surface area is 119 Å². The normalized spacial score (nSPS) is 24.6. The lowest BCUT2D eigenvalue weighted by molar-refractivity contribution is 0.235. The number of hydrazine groups is 2. The van der Waals surface area contributed by atoms with Crippen LogP contribution in [0.15, 0.2) is 60.7 Å². The number of rotatable bonds is 1. The highest BCUT2D eigenvalue weighted by atomic mass is 15.8. The monoisotopic (exact) mass is 263 g/mol. The summed E-state index contributed by atoms with van der Waals surface area (Å²) in [5, 5.41) is 4.44. The molecular weight excluding hydrogens is 246 g/mol. The number of anilines is 1. The Hall–Kier alpha value is -2.10. The van der Waals surface area contributed by atoms with Crippen LogP contribution in [0.2, 0.25) is 0 Å². The summed E-state index contributed by atoms with van der Waals surface area (Å²) in [6, 6.07) is 19.8. The minimum atomic E-state index is 0.317. The van der Waals surface area contributed by atoms with E-state index < -0.39 is 0 Å². The molecule has 20 heavy (non-hydrogen) atoms. The quantitative estimate of drug-likeness (QED) is 0.853. The van der Waals surface area contributed by atoms with E-state index in [-0.39, 0.29) is 0 Å². The van der Waals surface area contributed by atoms with Crippen LogP contribution in [0.25, 0.3) is 6.08 Å². The average Bonchev–Trinajstić information content (AvgIpc) is 2.84. The molecule has 0 aromatic heterocycles. The molecule has 0 saturated carbocycles. The van der Waals surface area contributed by atoms with Crippen molar-refractivity contribution in [2.24, 2.45) is 0 Å². The molecule has 3 nitrogen and oxygen atoms in total. The van der Waals surface area contributed by atoms with Gasteiger partial charge < -0.3 is 0 Å². The molecule has 2 aromatic carbocycles. The van der Waals surface area contributed by atoms with Crippen molar-refractivity contribution in [1.29, 1.82) is 0 Å². The second-order valence-electron chi connectivity index (χ2n) is 5.34. The summed E-state index contributed by atoms with van der Waals surface area (Å²) < 4.78 is 0. The predicted octanol–water partition coefficient (Wildman–Crippen LogP) is 2.99. The van der Waals surface area contributed by atoms with E-state index in [9.17, 15) is 0 Å². The third kappa shape index (κ3) is 1.68. The van der Waals surface area contributed by atoms with Crippen LogP contribution in [-0.4, -0.2) is 18.1 Å². The Morgan fingerprint density at radius 2 is 1.70 bits per heavy atom. The van der Waals surface area contributed by atoms with Crippen molar-refractivity contribution in [3.8, 4) is 0 Å². The van der Waals surface area contributed by atoms with Gasteiger partial charge in [-0.25, -0.2) is 5.01 Å². The maximum absolute atomic E-state index is 3.48. The van der Waals surface area contributed by atoms with E-state index in [0.717, 1.165) is 0 Å². The fourth-order valence-electron chi connectivity index (χ4n) is 3.20. The molecule has 0 spiro atoms. The molecule has 1 saturated heterocycles. The summed E-state index contributed by atoms with van der Waals surface area (Å²) in [5.41, 5.74) is 7.31. The van der Waals surface area contributed by atoms with Crippen molar-refractivity contribution < 1.29 is 0 Å². The van der Waals surface area contributed by atoms with Crippen LogP contribution >= 0.6 is 0 Å². The van der Waals surface area contributed by atoms with E-state index in [1.54, 1.807) is 0 Å². The van der Waals surface area contributed by atoms with Crippen LogP contribution in [0.1, 0.15) is 17.2 Å². The van der Waals surface area contributed by atoms with E-state index in [4.69, 9.17) is 0 Å². The molecule has 2 unspecified atom stereocenters. The van der Waals surface area contributed by atoms with Gasteiger partial charge in [0, 0.05) is 7.05 Å². The third-order valence-electron chi connectivity index (χ3n) is 4.11. The smallest absolute Gasteiger partial charge is 0.0863 e. The zero-order valence-corrected chi connectivity index (χ0v) is 11.4. The lowest BCUT2D eigenvalue weighted by Gasteiger charge is -2.29. The van der Waals surface area contributed by atoms with E-state index in [1.165, 1.54) is 16.8 Å². The summed E-state index contributed by atoms with van der Waals surface area (Å²) in [6.07, 6.45) is 4.52. The molecule has 2 heterocycles. The number of hydrogen-bond acceptors (Lipinski definition) is 3. The SMILES string of the molecule is CN1NN2c3ccccc3C=CC2C1c1ccccc1. The number of nitrogens with zero attached hydrogens (tertiary/aromatic N) is 2. The van der Waals surface area contributed by atoms with Gasteiger partial charge in [0.05, 0.1) is 17.8 Å². The van der Waals surface area contributed by atoms with Crippen molar-refractivity contribution in [3.05, 3.63) is 71.8 Å². The zero-order valence-electron chi connectivity index (χ0n) is 11.4. The Morgan fingerprint density at radius 1 is 0.950 bits per heavy atom. The summed E-state index contributed by atoms with van der Waals surface area (Å²) in [5.74, 6) is 0. The minimum absolute atomic E-state index is 0.317. The van der Waals surface area contributed by atoms with E-state index in [1.807, 2.05) is 0 Å². The number of hydrogen-bond donors (Lipinski definition) is 1. The first-order valence-corrected chi connectivity index (χ1v) is 6.95. The van der Waals surface area contributed by atoms with Crippen LogP contribution in [0, 0.1) is 0 Å². The Kier molecular flexibility index (Phi) is 2.62. The van der Waals surface area contributed by atoms with Crippen LogP contribution in [-0.2, 0) is 0 Å². The molecule has 4 rings (SSSR count). The van der Waals surface area contributed by atoms with Crippen molar-refractivity contribution in [1.82, 2.24) is 10.5 Å². The number of likely N-dealkylation sites (N-methyl/N-ethyl adjacent to an activating group) is 1. The first-order valence-electron chi connectivity index (χ1n) is 6.95. The van der Waals surface area contributed by atoms with Crippen molar-refractivity contribution in [2.75, 3.05) is 12.1 Å². The standard InChI is InChI=1S/C17H17N3/c1-19-17(14-8-3-2-4-9-14)16-12-11-13-7-5-6-10-15(13)20(16)18-19/h2-12,16-18H,1H3. The molecule has 0 bridgehead atoms. The van der Waals surface area contributed by atoms with E-state index in [2.05, 4.69) is 89.3 Å². The molecule has 3 heteroatoms. The number of para-hydroxylation sites is 1. The van der Waals surface area contributed by atoms with Gasteiger partial charge in [-0.2, -0.15) is 5.53 Å². The van der Waals surface area contributed by atoms with Crippen molar-refractivity contribution in [3.63, 3.8) is 0 Å². The van der Waals surface area contributed by atoms with Crippen molar-refractivity contribution in [2.45, 2.75) is 12.1 Å². The summed E-state index contributed by atoms with van der Waals surface area (Å²) in [6.45, 7) is 0. The third-order valence-corrected chi connectivity index (χ3v) is 4.11. The second-order valence-corrected chi connectivity index (χ2v) is 5.34. The van der Waals surface area contributed by atoms with E-state index in [0.29, 0.717) is 12.1 Å². The second kappa shape index (κ2) is 4.47. The lowest BCUT2D eigenvalue weighted by Crippen LogP contribution is -2.41. The first-order chi connectivity index (χ1) is 9.84. The average molecular weight is 263 g/mol. The summed E-state index contributed by atoms with van der Waals surface area (Å²) in [4.78, 5) is 0. The van der Waals surface area contributed by atoms with Gasteiger partial charge in [0.15, 0.2) is 0 Å². The molecule has 0 amide bonds. The zero-order chi connectivity index (χ0) is 13.5. The highest BCUT2D eigenvalue weighted by molar-refractivity contribution is 5.72. The van der Waals surface area contributed by atoms with Gasteiger partial charge in [0.1, 0.15) is 0 Å². The molecule has 1 fully saturated rings. The predicted molar refractivity (Wildman–Crippen MR) is 81.8 cm³/mol. The largest absolute Gasteiger partial charge is 0.285 e. The highest BCUT2D eigenvalue weighted by Crippen LogP contribution is 2.38. The molecular formula is C17H17N3. The maximum Gasteiger partial charge on any atom is 0.0863 e. The molecule has 0 aliphatic carbocycles. The number of benzene rings is 2. The molecule has 1 N–H and O–H groups in total. The van der Waals surface area contributed by atoms with Gasteiger partial charge in [-0.1, -0.05) is 60.7 Å². The summed E-state index contributed by atoms with van der Waals surface area (Å²) >= 11 is 0. The van der Waals surface area contributed by atoms with Gasteiger partial charge in [-0.05, 0) is 17.2 Å². The fourth-order valence-corrected chi connectivity index (χ4v) is 3.20. The molecule has 100 valence electrons. The van der Waals surface area contributed by atoms with Gasteiger partial charge in [-0.3, -0.25) is 5.01 Å². The topological polar surface area (TPSA) is 18.5 Å². The van der Waals surface area contributed by atoms with E-state index >= 15 is 0 Å². The lowest BCUT2D eigenvalue weighted by atomic mass is 9.95. The Bertz CT molecular complexity index is 650. The van der Waals surface area contributed by atoms with Gasteiger partial charge in [0.2, 0.25) is 0 Å². The Morgan fingerprint density at radius 3 is 2.55 bits per heavy atom. The van der Waals surface area contributed by atoms with Gasteiger partial charge >= 0.3 is 0 Å². The molecule has 2 aromatic rings. The fraction of sp³-hybridized carbons (Fsp3) is 0.176. The van der Waals surface area contributed by atoms with Crippen molar-refractivity contribution >= 4 is 11.8 Å². The highest BCUT2D eigenvalue weighted by Gasteiger charge is 2.39. The van der Waals surface area contributed by atoms with Gasteiger partial charge in [-0.15, -0.1) is 0 Å². The van der Waals surface area contributed by atoms with Gasteiger partial charge in [0.25, 0.3) is 0 Å². The van der Waals surface area contributed by atoms with Crippen LogP contribution < -0.4 is 10.5 Å². The van der Waals surface area contributed by atoms with Crippen LogP contribution in [0.3, 0.4) is 0 Å². The number of nitrogens with one attached hydrogen (secondary N) is 1. The van der Waals surface area contributed by atoms with Crippen LogP contribution in [0.5, 0.6) is 0 Å². The maximum atomic E-state index is 3.48. The first kappa shape index (κ1) is 11.7. The number of fused-ring (bicyclic) bond motifs is 3. The van der Waals surface area contributed by atoms with Crippen LogP contribution in [0.4, 0.5) is 5.69 Å². The summed E-state index contributed by atoms with van der Waals surface area (Å²) in [7, 11) is 2.10.